The van der Waals surface area contributed by atoms with Gasteiger partial charge in [0, 0.05) is 36.6 Å². The Morgan fingerprint density at radius 1 is 0.600 bits per heavy atom. The third kappa shape index (κ3) is 2.54. The van der Waals surface area contributed by atoms with Gasteiger partial charge in [0.25, 0.3) is 0 Å². The average Bonchev–Trinajstić information content (AvgIpc) is 3.26. The maximum Gasteiger partial charge on any atom is 0.0555 e. The Morgan fingerprint density at radius 3 is 2.13 bits per heavy atom. The molecule has 0 bridgehead atoms. The molecule has 0 aliphatic carbocycles. The summed E-state index contributed by atoms with van der Waals surface area (Å²) in [5.74, 6) is 0. The fourth-order valence-corrected chi connectivity index (χ4v) is 5.68. The van der Waals surface area contributed by atoms with Crippen LogP contribution in [0, 0.1) is 0 Å². The Hall–Kier alpha value is -3.10. The zero-order valence-electron chi connectivity index (χ0n) is 17.4. The first kappa shape index (κ1) is 17.7. The molecule has 0 N–H and O–H groups in total. The van der Waals surface area contributed by atoms with E-state index in [0.717, 1.165) is 0 Å². The van der Waals surface area contributed by atoms with Gasteiger partial charge in [0.1, 0.15) is 0 Å². The molecule has 2 aromatic heterocycles. The van der Waals surface area contributed by atoms with Crippen LogP contribution < -0.4 is 0 Å². The molecule has 6 aromatic rings. The second-order valence-corrected chi connectivity index (χ2v) is 10.2. The number of thiophene rings is 1. The van der Waals surface area contributed by atoms with Crippen molar-refractivity contribution in [2.45, 2.75) is 26.2 Å². The van der Waals surface area contributed by atoms with Gasteiger partial charge in [-0.15, -0.1) is 11.3 Å². The molecule has 30 heavy (non-hydrogen) atoms. The molecule has 2 heteroatoms. The first-order chi connectivity index (χ1) is 14.5. The summed E-state index contributed by atoms with van der Waals surface area (Å²) in [5, 5.41) is 5.37. The first-order valence-electron chi connectivity index (χ1n) is 10.5. The van der Waals surface area contributed by atoms with Crippen LogP contribution in [0.3, 0.4) is 0 Å². The molecule has 0 unspecified atom stereocenters. The van der Waals surface area contributed by atoms with Crippen LogP contribution in [0.4, 0.5) is 0 Å². The van der Waals surface area contributed by atoms with Gasteiger partial charge in [-0.25, -0.2) is 0 Å². The van der Waals surface area contributed by atoms with Crippen molar-refractivity contribution < 1.29 is 0 Å². The minimum absolute atomic E-state index is 0.120. The van der Waals surface area contributed by atoms with E-state index in [1.165, 1.54) is 53.2 Å². The summed E-state index contributed by atoms with van der Waals surface area (Å²) in [6.07, 6.45) is 0. The van der Waals surface area contributed by atoms with Crippen molar-refractivity contribution in [1.82, 2.24) is 4.57 Å². The van der Waals surface area contributed by atoms with E-state index in [9.17, 15) is 0 Å². The van der Waals surface area contributed by atoms with Crippen molar-refractivity contribution in [2.75, 3.05) is 0 Å². The number of hydrogen-bond donors (Lipinski definition) is 0. The number of aromatic nitrogens is 1. The first-order valence-corrected chi connectivity index (χ1v) is 11.3. The number of hydrogen-bond acceptors (Lipinski definition) is 1. The van der Waals surface area contributed by atoms with Crippen molar-refractivity contribution in [2.24, 2.45) is 0 Å². The third-order valence-corrected chi connectivity index (χ3v) is 7.28. The highest BCUT2D eigenvalue weighted by Crippen LogP contribution is 2.41. The molecule has 6 rings (SSSR count). The van der Waals surface area contributed by atoms with Crippen molar-refractivity contribution in [3.63, 3.8) is 0 Å². The van der Waals surface area contributed by atoms with Crippen LogP contribution in [-0.2, 0) is 5.41 Å². The van der Waals surface area contributed by atoms with Gasteiger partial charge in [-0.05, 0) is 53.4 Å². The molecular weight excluding hydrogens is 382 g/mol. The standard InChI is InChI=1S/C28H23NS/c1-28(2,3)18-13-14-24-21(15-18)22-16-23-20-11-7-8-12-26(20)30-27(23)17-25(22)29(24)19-9-5-4-6-10-19/h4-17H,1-3H3. The average molecular weight is 406 g/mol. The largest absolute Gasteiger partial charge is 0.309 e. The molecule has 0 saturated heterocycles. The maximum absolute atomic E-state index is 2.42. The van der Waals surface area contributed by atoms with Crippen LogP contribution in [0.15, 0.2) is 84.9 Å². The molecular formula is C28H23NS. The van der Waals surface area contributed by atoms with Gasteiger partial charge < -0.3 is 4.57 Å². The Balaban J connectivity index is 1.81. The predicted molar refractivity (Wildman–Crippen MR) is 132 cm³/mol. The molecule has 0 atom stereocenters. The fourth-order valence-electron chi connectivity index (χ4n) is 4.56. The summed E-state index contributed by atoms with van der Waals surface area (Å²) in [7, 11) is 0. The van der Waals surface area contributed by atoms with Crippen molar-refractivity contribution in [1.29, 1.82) is 0 Å². The van der Waals surface area contributed by atoms with Crippen LogP contribution in [0.1, 0.15) is 26.3 Å². The molecule has 0 aliphatic heterocycles. The lowest BCUT2D eigenvalue weighted by molar-refractivity contribution is 0.591. The van der Waals surface area contributed by atoms with E-state index in [-0.39, 0.29) is 5.41 Å². The molecule has 1 nitrogen and oxygen atoms in total. The Labute approximate surface area is 180 Å². The van der Waals surface area contributed by atoms with Crippen molar-refractivity contribution in [3.8, 4) is 5.69 Å². The molecule has 0 aliphatic rings. The van der Waals surface area contributed by atoms with Gasteiger partial charge in [-0.3, -0.25) is 0 Å². The van der Waals surface area contributed by atoms with Gasteiger partial charge >= 0.3 is 0 Å². The number of para-hydroxylation sites is 1. The lowest BCUT2D eigenvalue weighted by Gasteiger charge is -2.19. The summed E-state index contributed by atoms with van der Waals surface area (Å²) >= 11 is 1.88. The van der Waals surface area contributed by atoms with Crippen LogP contribution >= 0.6 is 11.3 Å². The second-order valence-electron chi connectivity index (χ2n) is 9.12. The van der Waals surface area contributed by atoms with Gasteiger partial charge in [0.2, 0.25) is 0 Å². The SMILES string of the molecule is CC(C)(C)c1ccc2c(c1)c1cc3c(cc1n2-c1ccccc1)sc1ccccc13. The quantitative estimate of drug-likeness (QED) is 0.258. The van der Waals surface area contributed by atoms with Crippen molar-refractivity contribution in [3.05, 3.63) is 90.5 Å². The molecule has 2 heterocycles. The topological polar surface area (TPSA) is 4.93 Å². The summed E-state index contributed by atoms with van der Waals surface area (Å²) in [5.41, 5.74) is 5.25. The minimum atomic E-state index is 0.120. The van der Waals surface area contributed by atoms with E-state index in [0.29, 0.717) is 0 Å². The summed E-state index contributed by atoms with van der Waals surface area (Å²) in [6.45, 7) is 6.86. The van der Waals surface area contributed by atoms with Crippen LogP contribution in [0.25, 0.3) is 47.7 Å². The molecule has 0 saturated carbocycles. The molecule has 0 spiro atoms. The van der Waals surface area contributed by atoms with E-state index in [4.69, 9.17) is 0 Å². The molecule has 4 aromatic carbocycles. The molecule has 146 valence electrons. The van der Waals surface area contributed by atoms with Crippen LogP contribution in [-0.4, -0.2) is 4.57 Å². The van der Waals surface area contributed by atoms with E-state index in [1.54, 1.807) is 0 Å². The number of rotatable bonds is 1. The van der Waals surface area contributed by atoms with Gasteiger partial charge in [-0.1, -0.05) is 63.2 Å². The summed E-state index contributed by atoms with van der Waals surface area (Å²) in [4.78, 5) is 0. The number of fused-ring (bicyclic) bond motifs is 6. The highest BCUT2D eigenvalue weighted by atomic mass is 32.1. The monoisotopic (exact) mass is 405 g/mol. The molecule has 0 amide bonds. The minimum Gasteiger partial charge on any atom is -0.309 e. The fraction of sp³-hybridized carbons (Fsp3) is 0.143. The summed E-state index contributed by atoms with van der Waals surface area (Å²) < 4.78 is 5.12. The highest BCUT2D eigenvalue weighted by molar-refractivity contribution is 7.25. The van der Waals surface area contributed by atoms with E-state index >= 15 is 0 Å². The lowest BCUT2D eigenvalue weighted by Crippen LogP contribution is -2.10. The Morgan fingerprint density at radius 2 is 1.33 bits per heavy atom. The second kappa shape index (κ2) is 6.20. The van der Waals surface area contributed by atoms with E-state index in [1.807, 2.05) is 11.3 Å². The van der Waals surface area contributed by atoms with Gasteiger partial charge in [-0.2, -0.15) is 0 Å². The third-order valence-electron chi connectivity index (χ3n) is 6.14. The van der Waals surface area contributed by atoms with E-state index < -0.39 is 0 Å². The predicted octanol–water partition coefficient (Wildman–Crippen LogP) is 8.45. The Kier molecular flexibility index (Phi) is 3.66. The lowest BCUT2D eigenvalue weighted by atomic mass is 9.86. The number of nitrogens with zero attached hydrogens (tertiary/aromatic N) is 1. The Bertz CT molecular complexity index is 1560. The normalized spacial score (nSPS) is 12.5. The molecule has 0 fully saturated rings. The van der Waals surface area contributed by atoms with Gasteiger partial charge in [0.05, 0.1) is 11.0 Å². The van der Waals surface area contributed by atoms with Crippen LogP contribution in [0.5, 0.6) is 0 Å². The number of benzene rings is 4. The molecule has 0 radical (unpaired) electrons. The summed E-state index contributed by atoms with van der Waals surface area (Å²) in [6, 6.07) is 31.3. The van der Waals surface area contributed by atoms with E-state index in [2.05, 4.69) is 110 Å². The zero-order valence-corrected chi connectivity index (χ0v) is 18.3. The maximum atomic E-state index is 2.42. The van der Waals surface area contributed by atoms with Gasteiger partial charge in [0.15, 0.2) is 0 Å². The smallest absolute Gasteiger partial charge is 0.0555 e. The zero-order chi connectivity index (χ0) is 20.5. The highest BCUT2D eigenvalue weighted by Gasteiger charge is 2.19. The van der Waals surface area contributed by atoms with Crippen LogP contribution in [0.2, 0.25) is 0 Å². The van der Waals surface area contributed by atoms with Crippen molar-refractivity contribution >= 4 is 53.3 Å².